The first-order valence-electron chi connectivity index (χ1n) is 23.2. The molecule has 1 rings (SSSR count). The third-order valence-electron chi connectivity index (χ3n) is 10.9. The van der Waals surface area contributed by atoms with Crippen molar-refractivity contribution in [1.29, 1.82) is 0 Å². The van der Waals surface area contributed by atoms with Crippen LogP contribution in [0.1, 0.15) is 206 Å². The Kier molecular flexibility index (Phi) is 33.8. The van der Waals surface area contributed by atoms with Gasteiger partial charge in [0.1, 0.15) is 36.8 Å². The van der Waals surface area contributed by atoms with Gasteiger partial charge in [-0.05, 0) is 25.7 Å². The first-order valence-corrected chi connectivity index (χ1v) is 24.9. The molecule has 0 saturated carbocycles. The molecule has 2 unspecified atom stereocenters. The van der Waals surface area contributed by atoms with Crippen LogP contribution in [-0.4, -0.2) is 96.0 Å². The van der Waals surface area contributed by atoms with E-state index in [4.69, 9.17) is 18.9 Å². The molecular weight excluding hydrogens is 765 g/mol. The van der Waals surface area contributed by atoms with Crippen LogP contribution in [-0.2, 0) is 38.7 Å². The summed E-state index contributed by atoms with van der Waals surface area (Å²) in [4.78, 5) is 25.4. The number of unbranched alkanes of at least 4 members (excludes halogenated alkanes) is 25. The van der Waals surface area contributed by atoms with Crippen molar-refractivity contribution in [3.8, 4) is 0 Å². The van der Waals surface area contributed by atoms with Crippen LogP contribution >= 0.6 is 0 Å². The lowest BCUT2D eigenvalue weighted by atomic mass is 10.00. The van der Waals surface area contributed by atoms with Crippen molar-refractivity contribution in [3.05, 3.63) is 12.2 Å². The third-order valence-corrected chi connectivity index (χ3v) is 11.6. The summed E-state index contributed by atoms with van der Waals surface area (Å²) in [6.07, 6.45) is 28.4. The maximum Gasteiger partial charge on any atom is 0.306 e. The number of allylic oxidation sites excluding steroid dienone is 2. The van der Waals surface area contributed by atoms with E-state index in [1.54, 1.807) is 0 Å². The average Bonchev–Trinajstić information content (AvgIpc) is 3.18. The van der Waals surface area contributed by atoms with E-state index in [2.05, 4.69) is 19.9 Å². The van der Waals surface area contributed by atoms with Gasteiger partial charge in [0.2, 0.25) is 0 Å². The minimum atomic E-state index is -4.60. The molecular formula is C45H84O12S. The van der Waals surface area contributed by atoms with Crippen LogP contribution < -0.4 is 0 Å². The van der Waals surface area contributed by atoms with E-state index in [1.807, 2.05) is 6.08 Å². The smallest absolute Gasteiger partial charge is 0.306 e. The van der Waals surface area contributed by atoms with Crippen molar-refractivity contribution < 1.29 is 56.8 Å². The van der Waals surface area contributed by atoms with E-state index in [0.717, 1.165) is 32.1 Å². The number of carbonyl (C=O) groups is 2. The quantitative estimate of drug-likeness (QED) is 0.0199. The maximum atomic E-state index is 12.8. The highest BCUT2D eigenvalue weighted by Gasteiger charge is 2.46. The number of esters is 2. The van der Waals surface area contributed by atoms with Crippen LogP contribution in [0.25, 0.3) is 0 Å². The second-order valence-corrected chi connectivity index (χ2v) is 17.9. The van der Waals surface area contributed by atoms with Gasteiger partial charge in [0.25, 0.3) is 10.1 Å². The van der Waals surface area contributed by atoms with Crippen molar-refractivity contribution in [1.82, 2.24) is 0 Å². The van der Waals surface area contributed by atoms with Gasteiger partial charge >= 0.3 is 11.9 Å². The Balaban J connectivity index is 2.45. The molecule has 1 heterocycles. The molecule has 0 aromatic rings. The first kappa shape index (κ1) is 54.4. The normalized spacial score (nSPS) is 20.4. The highest BCUT2D eigenvalue weighted by molar-refractivity contribution is 7.85. The Morgan fingerprint density at radius 1 is 0.569 bits per heavy atom. The molecule has 1 aliphatic rings. The molecule has 0 aromatic heterocycles. The predicted octanol–water partition coefficient (Wildman–Crippen LogP) is 9.45. The lowest BCUT2D eigenvalue weighted by molar-refractivity contribution is -0.297. The van der Waals surface area contributed by atoms with E-state index >= 15 is 0 Å². The lowest BCUT2D eigenvalue weighted by Gasteiger charge is -2.40. The number of hydrogen-bond donors (Lipinski definition) is 4. The van der Waals surface area contributed by atoms with Crippen LogP contribution in [0.3, 0.4) is 0 Å². The number of carbonyl (C=O) groups excluding carboxylic acids is 2. The van der Waals surface area contributed by atoms with Crippen molar-refractivity contribution in [2.45, 2.75) is 243 Å². The summed E-state index contributed by atoms with van der Waals surface area (Å²) in [7, 11) is -4.60. The van der Waals surface area contributed by atoms with Gasteiger partial charge < -0.3 is 34.3 Å². The van der Waals surface area contributed by atoms with Crippen molar-refractivity contribution in [2.24, 2.45) is 0 Å². The molecule has 12 nitrogen and oxygen atoms in total. The van der Waals surface area contributed by atoms with Gasteiger partial charge in [-0.3, -0.25) is 14.1 Å². The summed E-state index contributed by atoms with van der Waals surface area (Å²) < 4.78 is 54.0. The van der Waals surface area contributed by atoms with Crippen LogP contribution in [0.4, 0.5) is 0 Å². The fourth-order valence-electron chi connectivity index (χ4n) is 7.22. The van der Waals surface area contributed by atoms with E-state index < -0.39 is 71.2 Å². The Morgan fingerprint density at radius 2 is 1.02 bits per heavy atom. The highest BCUT2D eigenvalue weighted by Crippen LogP contribution is 2.24. The Hall–Kier alpha value is -1.61. The molecule has 58 heavy (non-hydrogen) atoms. The van der Waals surface area contributed by atoms with Gasteiger partial charge in [0.15, 0.2) is 12.4 Å². The fourth-order valence-corrected chi connectivity index (χ4v) is 7.92. The molecule has 1 aliphatic heterocycles. The molecule has 342 valence electrons. The minimum Gasteiger partial charge on any atom is -0.462 e. The highest BCUT2D eigenvalue weighted by atomic mass is 32.2. The molecule has 0 amide bonds. The van der Waals surface area contributed by atoms with Gasteiger partial charge in [0, 0.05) is 12.8 Å². The summed E-state index contributed by atoms with van der Waals surface area (Å²) >= 11 is 0. The van der Waals surface area contributed by atoms with Gasteiger partial charge in [-0.25, -0.2) is 0 Å². The van der Waals surface area contributed by atoms with Crippen LogP contribution in [0.5, 0.6) is 0 Å². The molecule has 4 N–H and O–H groups in total. The zero-order chi connectivity index (χ0) is 42.7. The number of rotatable bonds is 39. The van der Waals surface area contributed by atoms with Crippen LogP contribution in [0.15, 0.2) is 12.2 Å². The number of aliphatic hydroxyl groups is 3. The standard InChI is InChI=1S/C45H84O12S/c1-3-5-7-9-11-13-15-17-19-21-23-25-27-29-31-33-40(46)54-35-38(36-55-45-44(50)43(49)42(48)39(57-45)37-58(51,52)53)56-41(47)34-32-30-28-26-24-22-20-18-16-14-12-10-8-6-4-2/h28,30,38-39,42-45,48-50H,3-27,29,31-37H2,1-2H3,(H,51,52,53)/b30-28+/t38-,39-,42-,43?,44?,45+/m1/s1. The summed E-state index contributed by atoms with van der Waals surface area (Å²) in [6, 6.07) is 0. The van der Waals surface area contributed by atoms with Crippen molar-refractivity contribution in [2.75, 3.05) is 19.0 Å². The predicted molar refractivity (Wildman–Crippen MR) is 229 cm³/mol. The van der Waals surface area contributed by atoms with Gasteiger partial charge in [-0.1, -0.05) is 180 Å². The Bertz CT molecular complexity index is 1130. The first-order chi connectivity index (χ1) is 28.0. The summed E-state index contributed by atoms with van der Waals surface area (Å²) in [5.74, 6) is -2.03. The number of ether oxygens (including phenoxy) is 4. The lowest BCUT2D eigenvalue weighted by Crippen LogP contribution is -2.60. The average molecular weight is 849 g/mol. The molecule has 0 aliphatic carbocycles. The molecule has 1 saturated heterocycles. The second-order valence-electron chi connectivity index (χ2n) is 16.4. The molecule has 0 radical (unpaired) electrons. The Morgan fingerprint density at radius 3 is 1.50 bits per heavy atom. The SMILES string of the molecule is CCCCCCCCCCCCC/C=C/CCC(=O)O[C@H](COC(=O)CCCCCCCCCCCCCCCCC)CO[C@H]1O[C@H](CS(=O)(=O)O)[C@@H](O)C(O)C1O. The molecule has 0 aromatic carbocycles. The molecule has 6 atom stereocenters. The monoisotopic (exact) mass is 849 g/mol. The van der Waals surface area contributed by atoms with Gasteiger partial charge in [0.05, 0.1) is 6.61 Å². The zero-order valence-corrected chi connectivity index (χ0v) is 37.2. The van der Waals surface area contributed by atoms with Crippen molar-refractivity contribution in [3.63, 3.8) is 0 Å². The number of aliphatic hydroxyl groups excluding tert-OH is 3. The van der Waals surface area contributed by atoms with E-state index in [9.17, 15) is 37.9 Å². The summed E-state index contributed by atoms with van der Waals surface area (Å²) in [5.41, 5.74) is 0. The Labute approximate surface area is 352 Å². The molecule has 0 bridgehead atoms. The fraction of sp³-hybridized carbons (Fsp3) is 0.911. The van der Waals surface area contributed by atoms with E-state index in [-0.39, 0.29) is 19.4 Å². The molecule has 0 spiro atoms. The largest absolute Gasteiger partial charge is 0.462 e. The molecule has 1 fully saturated rings. The number of hydrogen-bond acceptors (Lipinski definition) is 11. The second kappa shape index (κ2) is 36.1. The summed E-state index contributed by atoms with van der Waals surface area (Å²) in [5, 5.41) is 30.9. The zero-order valence-electron chi connectivity index (χ0n) is 36.4. The maximum absolute atomic E-state index is 12.8. The minimum absolute atomic E-state index is 0.0855. The molecule has 13 heteroatoms. The topological polar surface area (TPSA) is 186 Å². The van der Waals surface area contributed by atoms with Gasteiger partial charge in [-0.15, -0.1) is 0 Å². The van der Waals surface area contributed by atoms with Crippen LogP contribution in [0.2, 0.25) is 0 Å². The summed E-state index contributed by atoms with van der Waals surface area (Å²) in [6.45, 7) is 3.75. The van der Waals surface area contributed by atoms with Gasteiger partial charge in [-0.2, -0.15) is 8.42 Å². The van der Waals surface area contributed by atoms with E-state index in [0.29, 0.717) is 12.8 Å². The van der Waals surface area contributed by atoms with Crippen molar-refractivity contribution >= 4 is 22.1 Å². The van der Waals surface area contributed by atoms with Crippen LogP contribution in [0, 0.1) is 0 Å². The van der Waals surface area contributed by atoms with E-state index in [1.165, 1.54) is 135 Å². The third kappa shape index (κ3) is 30.4.